The van der Waals surface area contributed by atoms with Crippen LogP contribution in [0.3, 0.4) is 0 Å². The van der Waals surface area contributed by atoms with Gasteiger partial charge in [-0.05, 0) is 19.2 Å². The number of aromatic nitrogens is 4. The molecule has 8 heteroatoms. The molecule has 1 aliphatic heterocycles. The summed E-state index contributed by atoms with van der Waals surface area (Å²) in [7, 11) is 2.04. The second-order valence-corrected chi connectivity index (χ2v) is 7.64. The Kier molecular flexibility index (Phi) is 4.34. The van der Waals surface area contributed by atoms with Gasteiger partial charge in [0, 0.05) is 29.6 Å². The fourth-order valence-corrected chi connectivity index (χ4v) is 3.81. The molecule has 0 atom stereocenters. The predicted octanol–water partition coefficient (Wildman–Crippen LogP) is 3.62. The van der Waals surface area contributed by atoms with Crippen molar-refractivity contribution in [2.45, 2.75) is 6.10 Å². The van der Waals surface area contributed by atoms with Crippen LogP contribution in [0.5, 0.6) is 5.88 Å². The third kappa shape index (κ3) is 3.28. The van der Waals surface area contributed by atoms with Gasteiger partial charge in [-0.25, -0.2) is 9.97 Å². The third-order valence-electron chi connectivity index (χ3n) is 5.02. The van der Waals surface area contributed by atoms with Crippen LogP contribution >= 0.6 is 11.6 Å². The first-order chi connectivity index (χ1) is 14.1. The molecule has 0 bridgehead atoms. The third-order valence-corrected chi connectivity index (χ3v) is 5.32. The number of likely N-dealkylation sites (N-methyl/N-ethyl adjacent to an activating group) is 1. The number of halogens is 1. The summed E-state index contributed by atoms with van der Waals surface area (Å²) in [5, 5.41) is 8.45. The molecule has 3 heterocycles. The maximum absolute atomic E-state index is 6.47. The van der Waals surface area contributed by atoms with E-state index in [9.17, 15) is 0 Å². The van der Waals surface area contributed by atoms with E-state index in [0.717, 1.165) is 35.1 Å². The van der Waals surface area contributed by atoms with E-state index in [-0.39, 0.29) is 11.9 Å². The molecule has 2 aromatic carbocycles. The van der Waals surface area contributed by atoms with Crippen molar-refractivity contribution in [1.29, 1.82) is 0 Å². The lowest BCUT2D eigenvalue weighted by atomic mass is 10.0. The van der Waals surface area contributed by atoms with Gasteiger partial charge in [0.15, 0.2) is 5.82 Å². The van der Waals surface area contributed by atoms with Crippen LogP contribution in [-0.4, -0.2) is 51.3 Å². The smallest absolute Gasteiger partial charge is 0.258 e. The Morgan fingerprint density at radius 1 is 1.10 bits per heavy atom. The average molecular weight is 407 g/mol. The molecule has 2 aromatic heterocycles. The number of nitrogen functional groups attached to an aromatic ring is 1. The second kappa shape index (κ2) is 7.02. The molecule has 0 unspecified atom stereocenters. The number of H-pyrrole nitrogens is 1. The highest BCUT2D eigenvalue weighted by atomic mass is 35.5. The van der Waals surface area contributed by atoms with Crippen molar-refractivity contribution >= 4 is 28.3 Å². The molecule has 29 heavy (non-hydrogen) atoms. The van der Waals surface area contributed by atoms with Crippen molar-refractivity contribution < 1.29 is 4.74 Å². The van der Waals surface area contributed by atoms with Gasteiger partial charge in [-0.3, -0.25) is 10.00 Å². The highest BCUT2D eigenvalue weighted by molar-refractivity contribution is 6.35. The Morgan fingerprint density at radius 2 is 1.86 bits per heavy atom. The van der Waals surface area contributed by atoms with Gasteiger partial charge in [0.1, 0.15) is 11.8 Å². The van der Waals surface area contributed by atoms with Crippen molar-refractivity contribution in [3.63, 3.8) is 0 Å². The lowest BCUT2D eigenvalue weighted by molar-refractivity contribution is 0.0360. The quantitative estimate of drug-likeness (QED) is 0.537. The highest BCUT2D eigenvalue weighted by Crippen LogP contribution is 2.36. The van der Waals surface area contributed by atoms with Gasteiger partial charge in [-0.1, -0.05) is 41.9 Å². The summed E-state index contributed by atoms with van der Waals surface area (Å²) in [4.78, 5) is 11.6. The van der Waals surface area contributed by atoms with Crippen LogP contribution in [0, 0.1) is 0 Å². The molecule has 0 saturated carbocycles. The largest absolute Gasteiger partial charge is 0.469 e. The summed E-state index contributed by atoms with van der Waals surface area (Å²) in [6.07, 6.45) is 1.80. The first-order valence-corrected chi connectivity index (χ1v) is 9.67. The van der Waals surface area contributed by atoms with Gasteiger partial charge < -0.3 is 10.5 Å². The molecular weight excluding hydrogens is 388 g/mol. The number of benzene rings is 2. The Hall–Kier alpha value is -3.16. The number of nitrogens with one attached hydrogen (secondary N) is 1. The van der Waals surface area contributed by atoms with E-state index in [2.05, 4.69) is 20.1 Å². The lowest BCUT2D eigenvalue weighted by Gasteiger charge is -2.35. The van der Waals surface area contributed by atoms with Crippen LogP contribution in [0.4, 0.5) is 5.82 Å². The summed E-state index contributed by atoms with van der Waals surface area (Å²) in [5.74, 6) is 0.624. The molecule has 1 saturated heterocycles. The molecule has 3 N–H and O–H groups in total. The van der Waals surface area contributed by atoms with Crippen LogP contribution in [0.1, 0.15) is 0 Å². The monoisotopic (exact) mass is 406 g/mol. The molecule has 7 nitrogen and oxygen atoms in total. The fourth-order valence-electron chi connectivity index (χ4n) is 3.54. The van der Waals surface area contributed by atoms with E-state index in [0.29, 0.717) is 22.3 Å². The normalized spacial score (nSPS) is 14.8. The molecule has 1 fully saturated rings. The van der Waals surface area contributed by atoms with Crippen LogP contribution in [-0.2, 0) is 0 Å². The average Bonchev–Trinajstić information content (AvgIpc) is 3.18. The summed E-state index contributed by atoms with van der Waals surface area (Å²) in [6, 6.07) is 13.7. The molecule has 5 rings (SSSR count). The number of nitrogens with two attached hydrogens (primary N) is 1. The number of hydrogen-bond acceptors (Lipinski definition) is 6. The van der Waals surface area contributed by atoms with Crippen molar-refractivity contribution in [2.24, 2.45) is 0 Å². The van der Waals surface area contributed by atoms with Crippen molar-refractivity contribution in [1.82, 2.24) is 25.1 Å². The number of hydrogen-bond donors (Lipinski definition) is 2. The minimum Gasteiger partial charge on any atom is -0.469 e. The number of aromatic amines is 1. The lowest BCUT2D eigenvalue weighted by Crippen LogP contribution is -2.51. The summed E-state index contributed by atoms with van der Waals surface area (Å²) >= 11 is 6.47. The predicted molar refractivity (Wildman–Crippen MR) is 114 cm³/mol. The number of ether oxygens (including phenoxy) is 1. The Balaban J connectivity index is 1.67. The summed E-state index contributed by atoms with van der Waals surface area (Å²) in [5.41, 5.74) is 10.1. The van der Waals surface area contributed by atoms with E-state index in [4.69, 9.17) is 27.1 Å². The first-order valence-electron chi connectivity index (χ1n) is 9.29. The van der Waals surface area contributed by atoms with Crippen LogP contribution in [0.2, 0.25) is 5.02 Å². The minimum atomic E-state index is 0.0620. The van der Waals surface area contributed by atoms with Crippen LogP contribution < -0.4 is 10.5 Å². The molecular formula is C21H19ClN6O. The number of nitrogens with zero attached hydrogens (tertiary/aromatic N) is 4. The first kappa shape index (κ1) is 17.9. The number of rotatable bonds is 4. The van der Waals surface area contributed by atoms with E-state index in [1.54, 1.807) is 6.20 Å². The van der Waals surface area contributed by atoms with Crippen molar-refractivity contribution in [3.05, 3.63) is 53.7 Å². The van der Waals surface area contributed by atoms with Gasteiger partial charge in [-0.15, -0.1) is 0 Å². The Morgan fingerprint density at radius 3 is 2.62 bits per heavy atom. The Bertz CT molecular complexity index is 1190. The standard InChI is InChI=1S/C21H19ClN6O/c1-28-10-15(11-28)29-21-20(23)25-18(12-5-3-2-4-6-12)19(26-21)13-7-14-9-24-27-17(14)16(22)8-13/h2-9,15H,10-11H2,1H3,(H2,23,25)(H,24,27). The molecule has 4 aromatic rings. The number of fused-ring (bicyclic) bond motifs is 1. The van der Waals surface area contributed by atoms with Gasteiger partial charge in [-0.2, -0.15) is 5.10 Å². The van der Waals surface area contributed by atoms with Gasteiger partial charge >= 0.3 is 0 Å². The maximum Gasteiger partial charge on any atom is 0.258 e. The zero-order chi connectivity index (χ0) is 20.0. The highest BCUT2D eigenvalue weighted by Gasteiger charge is 2.27. The van der Waals surface area contributed by atoms with E-state index < -0.39 is 0 Å². The second-order valence-electron chi connectivity index (χ2n) is 7.23. The molecule has 146 valence electrons. The van der Waals surface area contributed by atoms with E-state index in [1.165, 1.54) is 0 Å². The van der Waals surface area contributed by atoms with Gasteiger partial charge in [0.05, 0.1) is 22.4 Å². The number of likely N-dealkylation sites (tertiary alicyclic amines) is 1. The molecule has 0 radical (unpaired) electrons. The van der Waals surface area contributed by atoms with Crippen LogP contribution in [0.25, 0.3) is 33.4 Å². The molecule has 0 spiro atoms. The van der Waals surface area contributed by atoms with Gasteiger partial charge in [0.2, 0.25) is 0 Å². The van der Waals surface area contributed by atoms with E-state index >= 15 is 0 Å². The summed E-state index contributed by atoms with van der Waals surface area (Å²) < 4.78 is 6.02. The minimum absolute atomic E-state index is 0.0620. The van der Waals surface area contributed by atoms with Crippen molar-refractivity contribution in [2.75, 3.05) is 25.9 Å². The fraction of sp³-hybridized carbons (Fsp3) is 0.190. The van der Waals surface area contributed by atoms with Gasteiger partial charge in [0.25, 0.3) is 5.88 Å². The molecule has 0 amide bonds. The maximum atomic E-state index is 6.47. The summed E-state index contributed by atoms with van der Waals surface area (Å²) in [6.45, 7) is 1.67. The number of anilines is 1. The van der Waals surface area contributed by atoms with E-state index in [1.807, 2.05) is 49.5 Å². The van der Waals surface area contributed by atoms with Crippen LogP contribution in [0.15, 0.2) is 48.7 Å². The molecule has 1 aliphatic rings. The Labute approximate surface area is 172 Å². The topological polar surface area (TPSA) is 93.0 Å². The zero-order valence-corrected chi connectivity index (χ0v) is 16.5. The molecule has 0 aliphatic carbocycles. The SMILES string of the molecule is CN1CC(Oc2nc(-c3cc(Cl)c4[nH]ncc4c3)c(-c3ccccc3)nc2N)C1. The zero-order valence-electron chi connectivity index (χ0n) is 15.8. The van der Waals surface area contributed by atoms with Crippen molar-refractivity contribution in [3.8, 4) is 28.4 Å².